The third-order valence-electron chi connectivity index (χ3n) is 2.14. The lowest BCUT2D eigenvalue weighted by Gasteiger charge is -2.20. The average Bonchev–Trinajstić information content (AvgIpc) is 2.15. The zero-order chi connectivity index (χ0) is 9.68. The molecule has 0 aromatic carbocycles. The van der Waals surface area contributed by atoms with Crippen LogP contribution in [0.1, 0.15) is 19.8 Å². The van der Waals surface area contributed by atoms with Crippen molar-refractivity contribution in [1.82, 2.24) is 0 Å². The number of hydrogen-bond donors (Lipinski definition) is 0. The highest BCUT2D eigenvalue weighted by atomic mass is 32.2. The van der Waals surface area contributed by atoms with Crippen molar-refractivity contribution in [3.63, 3.8) is 0 Å². The summed E-state index contributed by atoms with van der Waals surface area (Å²) in [5.41, 5.74) is 0. The molecular formula is C10H16O2S. The molecular weight excluding hydrogens is 184 g/mol. The summed E-state index contributed by atoms with van der Waals surface area (Å²) in [6, 6.07) is 0. The van der Waals surface area contributed by atoms with Crippen LogP contribution < -0.4 is 0 Å². The first-order valence-corrected chi connectivity index (χ1v) is 5.57. The van der Waals surface area contributed by atoms with Gasteiger partial charge in [-0.1, -0.05) is 6.58 Å². The second-order valence-corrected chi connectivity index (χ2v) is 4.62. The summed E-state index contributed by atoms with van der Waals surface area (Å²) in [5.74, 6) is 1.18. The van der Waals surface area contributed by atoms with E-state index in [9.17, 15) is 4.79 Å². The number of carbonyl (C=O) groups is 1. The molecule has 2 nitrogen and oxygen atoms in total. The van der Waals surface area contributed by atoms with Crippen LogP contribution in [0.5, 0.6) is 0 Å². The number of rotatable bonds is 4. The average molecular weight is 200 g/mol. The Morgan fingerprint density at radius 3 is 2.69 bits per heavy atom. The van der Waals surface area contributed by atoms with Crippen molar-refractivity contribution in [2.24, 2.45) is 5.92 Å². The van der Waals surface area contributed by atoms with Crippen molar-refractivity contribution in [2.45, 2.75) is 19.8 Å². The van der Waals surface area contributed by atoms with Crippen LogP contribution in [0.4, 0.5) is 0 Å². The Morgan fingerprint density at radius 1 is 1.54 bits per heavy atom. The second-order valence-electron chi connectivity index (χ2n) is 3.34. The first-order chi connectivity index (χ1) is 6.20. The van der Waals surface area contributed by atoms with Crippen LogP contribution >= 0.6 is 11.8 Å². The molecule has 13 heavy (non-hydrogen) atoms. The molecule has 0 saturated carbocycles. The maximum atomic E-state index is 11.6. The number of hydrogen-bond acceptors (Lipinski definition) is 3. The normalized spacial score (nSPS) is 18.5. The van der Waals surface area contributed by atoms with Crippen molar-refractivity contribution in [3.05, 3.63) is 11.5 Å². The minimum absolute atomic E-state index is 0.237. The zero-order valence-electron chi connectivity index (χ0n) is 8.04. The molecule has 1 rings (SSSR count). The van der Waals surface area contributed by atoms with Crippen molar-refractivity contribution >= 4 is 17.5 Å². The summed E-state index contributed by atoms with van der Waals surface area (Å²) < 4.78 is 5.20. The highest BCUT2D eigenvalue weighted by Crippen LogP contribution is 2.20. The third kappa shape index (κ3) is 3.96. The monoisotopic (exact) mass is 200 g/mol. The molecule has 3 heteroatoms. The van der Waals surface area contributed by atoms with E-state index in [0.717, 1.165) is 31.0 Å². The Bertz CT molecular complexity index is 195. The minimum atomic E-state index is 0.237. The van der Waals surface area contributed by atoms with Gasteiger partial charge in [-0.05, 0) is 24.7 Å². The van der Waals surface area contributed by atoms with Gasteiger partial charge < -0.3 is 4.74 Å². The molecule has 1 saturated heterocycles. The maximum absolute atomic E-state index is 11.6. The second kappa shape index (κ2) is 5.45. The van der Waals surface area contributed by atoms with Crippen molar-refractivity contribution in [3.8, 4) is 0 Å². The third-order valence-corrected chi connectivity index (χ3v) is 3.06. The lowest BCUT2D eigenvalue weighted by molar-refractivity contribution is -0.123. The van der Waals surface area contributed by atoms with Gasteiger partial charge in [0, 0.05) is 19.1 Å². The molecule has 74 valence electrons. The molecule has 0 amide bonds. The smallest absolute Gasteiger partial charge is 0.146 e. The molecule has 0 aromatic heterocycles. The summed E-state index contributed by atoms with van der Waals surface area (Å²) in [4.78, 5) is 12.6. The predicted octanol–water partition coefficient (Wildman–Crippen LogP) is 2.25. The summed E-state index contributed by atoms with van der Waals surface area (Å²) in [7, 11) is 0. The van der Waals surface area contributed by atoms with Gasteiger partial charge in [-0.3, -0.25) is 4.79 Å². The zero-order valence-corrected chi connectivity index (χ0v) is 8.86. The van der Waals surface area contributed by atoms with E-state index in [-0.39, 0.29) is 5.92 Å². The molecule has 0 aliphatic carbocycles. The first-order valence-electron chi connectivity index (χ1n) is 4.59. The molecule has 1 aliphatic heterocycles. The lowest BCUT2D eigenvalue weighted by atomic mass is 9.96. The van der Waals surface area contributed by atoms with Gasteiger partial charge in [0.05, 0.1) is 5.75 Å². The number of allylic oxidation sites excluding steroid dienone is 1. The molecule has 0 radical (unpaired) electrons. The molecule has 0 unspecified atom stereocenters. The van der Waals surface area contributed by atoms with Gasteiger partial charge in [0.1, 0.15) is 5.78 Å². The first kappa shape index (κ1) is 10.8. The Balaban J connectivity index is 2.25. The highest BCUT2D eigenvalue weighted by Gasteiger charge is 2.20. The number of ketones is 1. The van der Waals surface area contributed by atoms with Gasteiger partial charge in [0.2, 0.25) is 0 Å². The van der Waals surface area contributed by atoms with Crippen LogP contribution in [0.25, 0.3) is 0 Å². The largest absolute Gasteiger partial charge is 0.381 e. The molecule has 0 aromatic rings. The Labute approximate surface area is 83.7 Å². The Kier molecular flexibility index (Phi) is 4.53. The maximum Gasteiger partial charge on any atom is 0.146 e. The number of carbonyl (C=O) groups excluding carboxylic acids is 1. The van der Waals surface area contributed by atoms with Gasteiger partial charge in [-0.25, -0.2) is 0 Å². The van der Waals surface area contributed by atoms with Crippen LogP contribution in [0, 0.1) is 5.92 Å². The van der Waals surface area contributed by atoms with E-state index in [1.807, 2.05) is 6.92 Å². The van der Waals surface area contributed by atoms with E-state index in [4.69, 9.17) is 4.74 Å². The van der Waals surface area contributed by atoms with E-state index in [2.05, 4.69) is 6.58 Å². The van der Waals surface area contributed by atoms with Gasteiger partial charge >= 0.3 is 0 Å². The molecule has 1 heterocycles. The Hall–Kier alpha value is -0.280. The molecule has 0 spiro atoms. The van der Waals surface area contributed by atoms with E-state index >= 15 is 0 Å². The summed E-state index contributed by atoms with van der Waals surface area (Å²) in [6.07, 6.45) is 1.80. The van der Waals surface area contributed by atoms with Gasteiger partial charge in [-0.15, -0.1) is 11.8 Å². The van der Waals surface area contributed by atoms with E-state index < -0.39 is 0 Å². The van der Waals surface area contributed by atoms with Gasteiger partial charge in [0.25, 0.3) is 0 Å². The molecule has 1 aliphatic rings. The fourth-order valence-electron chi connectivity index (χ4n) is 1.33. The van der Waals surface area contributed by atoms with Crippen molar-refractivity contribution < 1.29 is 9.53 Å². The van der Waals surface area contributed by atoms with Crippen LogP contribution in [-0.2, 0) is 9.53 Å². The quantitative estimate of drug-likeness (QED) is 0.696. The fraction of sp³-hybridized carbons (Fsp3) is 0.700. The van der Waals surface area contributed by atoms with Crippen LogP contribution in [0.2, 0.25) is 0 Å². The Morgan fingerprint density at radius 2 is 2.15 bits per heavy atom. The van der Waals surface area contributed by atoms with Crippen LogP contribution in [-0.4, -0.2) is 24.7 Å². The van der Waals surface area contributed by atoms with Crippen LogP contribution in [0.3, 0.4) is 0 Å². The number of ether oxygens (including phenoxy) is 1. The van der Waals surface area contributed by atoms with Gasteiger partial charge in [0.15, 0.2) is 0 Å². The summed E-state index contributed by atoms with van der Waals surface area (Å²) in [6.45, 7) is 7.18. The predicted molar refractivity (Wildman–Crippen MR) is 55.8 cm³/mol. The molecule has 0 bridgehead atoms. The van der Waals surface area contributed by atoms with Crippen molar-refractivity contribution in [2.75, 3.05) is 19.0 Å². The number of thioether (sulfide) groups is 1. The topological polar surface area (TPSA) is 26.3 Å². The van der Waals surface area contributed by atoms with E-state index in [0.29, 0.717) is 11.5 Å². The standard InChI is InChI=1S/C10H16O2S/c1-8(2)13-7-10(11)9-3-5-12-6-4-9/h9H,1,3-7H2,2H3. The van der Waals surface area contributed by atoms with E-state index in [1.165, 1.54) is 0 Å². The summed E-state index contributed by atoms with van der Waals surface area (Å²) in [5, 5.41) is 0. The number of Topliss-reactive ketones (excluding diaryl/α,β-unsaturated/α-hetero) is 1. The molecule has 0 atom stereocenters. The van der Waals surface area contributed by atoms with Crippen LogP contribution in [0.15, 0.2) is 11.5 Å². The fourth-order valence-corrected chi connectivity index (χ4v) is 1.96. The lowest BCUT2D eigenvalue weighted by Crippen LogP contribution is -2.24. The minimum Gasteiger partial charge on any atom is -0.381 e. The van der Waals surface area contributed by atoms with Crippen molar-refractivity contribution in [1.29, 1.82) is 0 Å². The van der Waals surface area contributed by atoms with Gasteiger partial charge in [-0.2, -0.15) is 0 Å². The molecule has 0 N–H and O–H groups in total. The molecule has 1 fully saturated rings. The summed E-state index contributed by atoms with van der Waals surface area (Å²) >= 11 is 1.55. The van der Waals surface area contributed by atoms with E-state index in [1.54, 1.807) is 11.8 Å². The highest BCUT2D eigenvalue weighted by molar-refractivity contribution is 8.03. The SMILES string of the molecule is C=C(C)SCC(=O)C1CCOCC1.